The summed E-state index contributed by atoms with van der Waals surface area (Å²) in [6, 6.07) is 11.6. The first kappa shape index (κ1) is 19.4. The van der Waals surface area contributed by atoms with Crippen molar-refractivity contribution in [1.82, 2.24) is 10.6 Å². The Kier molecular flexibility index (Phi) is 6.49. The van der Waals surface area contributed by atoms with Crippen molar-refractivity contribution in [3.8, 4) is 0 Å². The van der Waals surface area contributed by atoms with Gasteiger partial charge in [0.25, 0.3) is 11.8 Å². The van der Waals surface area contributed by atoms with E-state index in [2.05, 4.69) is 16.0 Å². The van der Waals surface area contributed by atoms with E-state index in [0.717, 1.165) is 11.3 Å². The molecule has 1 saturated heterocycles. The van der Waals surface area contributed by atoms with Crippen LogP contribution in [0.3, 0.4) is 0 Å². The van der Waals surface area contributed by atoms with Gasteiger partial charge in [-0.15, -0.1) is 23.1 Å². The van der Waals surface area contributed by atoms with E-state index < -0.39 is 17.4 Å². The van der Waals surface area contributed by atoms with Crippen LogP contribution in [0.25, 0.3) is 0 Å². The second-order valence-electron chi connectivity index (χ2n) is 5.67. The van der Waals surface area contributed by atoms with E-state index in [-0.39, 0.29) is 24.1 Å². The van der Waals surface area contributed by atoms with Gasteiger partial charge in [0.1, 0.15) is 10.4 Å². The molecule has 0 bridgehead atoms. The summed E-state index contributed by atoms with van der Waals surface area (Å²) in [7, 11) is 0. The number of alkyl carbamates (subject to hydrolysis) is 1. The molecule has 3 N–H and O–H groups in total. The van der Waals surface area contributed by atoms with E-state index in [4.69, 9.17) is 4.74 Å². The molecule has 1 aromatic heterocycles. The van der Waals surface area contributed by atoms with E-state index >= 15 is 0 Å². The van der Waals surface area contributed by atoms with Gasteiger partial charge in [0.2, 0.25) is 0 Å². The Morgan fingerprint density at radius 2 is 2.00 bits per heavy atom. The van der Waals surface area contributed by atoms with Gasteiger partial charge in [0, 0.05) is 11.8 Å². The van der Waals surface area contributed by atoms with Gasteiger partial charge in [-0.05, 0) is 23.9 Å². The van der Waals surface area contributed by atoms with Crippen LogP contribution in [0.2, 0.25) is 0 Å². The molecule has 0 saturated carbocycles. The predicted molar refractivity (Wildman–Crippen MR) is 106 cm³/mol. The third-order valence-electron chi connectivity index (χ3n) is 3.86. The van der Waals surface area contributed by atoms with E-state index in [9.17, 15) is 14.4 Å². The number of anilines is 1. The summed E-state index contributed by atoms with van der Waals surface area (Å²) in [6.45, 7) is 1.81. The Hall–Kier alpha value is -2.36. The highest BCUT2D eigenvalue weighted by Crippen LogP contribution is 2.31. The minimum atomic E-state index is -0.815. The largest absolute Gasteiger partial charge is 0.450 e. The van der Waals surface area contributed by atoms with Gasteiger partial charge in [-0.2, -0.15) is 0 Å². The number of hydrogen-bond acceptors (Lipinski definition) is 7. The lowest BCUT2D eigenvalue weighted by molar-refractivity contribution is -0.116. The molecule has 2 atom stereocenters. The van der Waals surface area contributed by atoms with Gasteiger partial charge in [0.05, 0.1) is 12.2 Å². The Bertz CT molecular complexity index is 825. The minimum Gasteiger partial charge on any atom is -0.450 e. The van der Waals surface area contributed by atoms with Crippen molar-refractivity contribution in [3.63, 3.8) is 0 Å². The zero-order chi connectivity index (χ0) is 19.2. The summed E-state index contributed by atoms with van der Waals surface area (Å²) in [6.07, 6.45) is -0.815. The molecule has 2 unspecified atom stereocenters. The molecule has 1 aliphatic heterocycles. The fourth-order valence-corrected chi connectivity index (χ4v) is 4.52. The molecule has 3 amide bonds. The van der Waals surface area contributed by atoms with Crippen LogP contribution in [0, 0.1) is 0 Å². The number of rotatable bonds is 5. The summed E-state index contributed by atoms with van der Waals surface area (Å²) in [4.78, 5) is 36.2. The van der Waals surface area contributed by atoms with Crippen LogP contribution in [0.4, 0.5) is 9.80 Å². The van der Waals surface area contributed by atoms with Crippen LogP contribution in [-0.4, -0.2) is 35.6 Å². The lowest BCUT2D eigenvalue weighted by Gasteiger charge is -2.14. The van der Waals surface area contributed by atoms with Crippen molar-refractivity contribution in [2.45, 2.75) is 18.3 Å². The zero-order valence-electron chi connectivity index (χ0n) is 14.6. The Morgan fingerprint density at radius 3 is 2.74 bits per heavy atom. The quantitative estimate of drug-likeness (QED) is 0.708. The van der Waals surface area contributed by atoms with Crippen molar-refractivity contribution in [1.29, 1.82) is 0 Å². The summed E-state index contributed by atoms with van der Waals surface area (Å²) < 4.78 is 4.70. The predicted octanol–water partition coefficient (Wildman–Crippen LogP) is 2.98. The molecule has 7 nitrogen and oxygen atoms in total. The van der Waals surface area contributed by atoms with Gasteiger partial charge >= 0.3 is 6.09 Å². The van der Waals surface area contributed by atoms with Crippen LogP contribution >= 0.6 is 23.1 Å². The fraction of sp³-hybridized carbons (Fsp3) is 0.278. The lowest BCUT2D eigenvalue weighted by atomic mass is 10.1. The number of carbonyl (C=O) groups excluding carboxylic acids is 3. The van der Waals surface area contributed by atoms with Crippen LogP contribution in [-0.2, 0) is 9.53 Å². The summed E-state index contributed by atoms with van der Waals surface area (Å²) in [5.41, 5.74) is 1.36. The normalized spacial score (nSPS) is 18.7. The molecule has 1 aromatic carbocycles. The number of carbonyl (C=O) groups is 3. The Morgan fingerprint density at radius 1 is 1.22 bits per heavy atom. The standard InChI is InChI=1S/C18H19N3O4S2/c1-2-25-18(24)21-14(22)12-8-9-26-16(12)20-15(23)17-19-13(10-27-17)11-6-4-3-5-7-11/h3-9,13,17,19H,2,10H2,1H3,(H,20,23)(H,21,22,24). The smallest absolute Gasteiger partial charge is 0.414 e. The fourth-order valence-electron chi connectivity index (χ4n) is 2.59. The van der Waals surface area contributed by atoms with Gasteiger partial charge in [0.15, 0.2) is 0 Å². The maximum Gasteiger partial charge on any atom is 0.414 e. The molecular weight excluding hydrogens is 386 g/mol. The third kappa shape index (κ3) is 4.88. The topological polar surface area (TPSA) is 96.5 Å². The number of imide groups is 1. The Balaban J connectivity index is 1.60. The molecular formula is C18H19N3O4S2. The van der Waals surface area contributed by atoms with Crippen molar-refractivity contribution in [3.05, 3.63) is 52.9 Å². The molecule has 142 valence electrons. The highest BCUT2D eigenvalue weighted by molar-refractivity contribution is 8.00. The average molecular weight is 406 g/mol. The van der Waals surface area contributed by atoms with Crippen LogP contribution in [0.15, 0.2) is 41.8 Å². The maximum absolute atomic E-state index is 12.6. The molecule has 0 radical (unpaired) electrons. The molecule has 27 heavy (non-hydrogen) atoms. The highest BCUT2D eigenvalue weighted by atomic mass is 32.2. The molecule has 2 aromatic rings. The van der Waals surface area contributed by atoms with Gasteiger partial charge in [-0.3, -0.25) is 20.2 Å². The number of hydrogen-bond donors (Lipinski definition) is 3. The first-order chi connectivity index (χ1) is 13.1. The number of nitrogens with one attached hydrogen (secondary N) is 3. The number of thioether (sulfide) groups is 1. The second-order valence-corrected chi connectivity index (χ2v) is 7.72. The van der Waals surface area contributed by atoms with Crippen LogP contribution < -0.4 is 16.0 Å². The maximum atomic E-state index is 12.6. The third-order valence-corrected chi connectivity index (χ3v) is 5.90. The first-order valence-corrected chi connectivity index (χ1v) is 10.3. The molecule has 0 aliphatic carbocycles. The molecule has 9 heteroatoms. The average Bonchev–Trinajstić information content (AvgIpc) is 3.32. The minimum absolute atomic E-state index is 0.0990. The van der Waals surface area contributed by atoms with Crippen molar-refractivity contribution >= 4 is 46.0 Å². The van der Waals surface area contributed by atoms with Crippen LogP contribution in [0.1, 0.15) is 28.9 Å². The Labute approximate surface area is 164 Å². The summed E-state index contributed by atoms with van der Waals surface area (Å²) in [5, 5.41) is 9.86. The van der Waals surface area contributed by atoms with E-state index in [1.54, 1.807) is 18.4 Å². The number of benzene rings is 1. The van der Waals surface area contributed by atoms with Crippen molar-refractivity contribution in [2.75, 3.05) is 17.7 Å². The monoisotopic (exact) mass is 405 g/mol. The van der Waals surface area contributed by atoms with Gasteiger partial charge in [-0.25, -0.2) is 4.79 Å². The van der Waals surface area contributed by atoms with E-state index in [1.807, 2.05) is 30.3 Å². The molecule has 3 rings (SSSR count). The zero-order valence-corrected chi connectivity index (χ0v) is 16.2. The van der Waals surface area contributed by atoms with Crippen LogP contribution in [0.5, 0.6) is 0 Å². The number of ether oxygens (including phenoxy) is 1. The number of thiophene rings is 1. The van der Waals surface area contributed by atoms with E-state index in [1.165, 1.54) is 23.1 Å². The van der Waals surface area contributed by atoms with Crippen molar-refractivity contribution in [2.24, 2.45) is 0 Å². The first-order valence-electron chi connectivity index (χ1n) is 8.37. The van der Waals surface area contributed by atoms with Crippen molar-refractivity contribution < 1.29 is 19.1 Å². The highest BCUT2D eigenvalue weighted by Gasteiger charge is 2.31. The van der Waals surface area contributed by atoms with E-state index in [0.29, 0.717) is 5.00 Å². The molecule has 1 aliphatic rings. The SMILES string of the molecule is CCOC(=O)NC(=O)c1ccsc1NC(=O)C1NC(c2ccccc2)CS1. The summed E-state index contributed by atoms with van der Waals surface area (Å²) >= 11 is 2.73. The number of amides is 3. The lowest BCUT2D eigenvalue weighted by Crippen LogP contribution is -2.36. The van der Waals surface area contributed by atoms with Gasteiger partial charge in [-0.1, -0.05) is 30.3 Å². The molecule has 2 heterocycles. The van der Waals surface area contributed by atoms with Gasteiger partial charge < -0.3 is 10.1 Å². The molecule has 0 spiro atoms. The second kappa shape index (κ2) is 9.03. The summed E-state index contributed by atoms with van der Waals surface area (Å²) in [5.74, 6) is -0.0619. The molecule has 1 fully saturated rings.